The Morgan fingerprint density at radius 3 is 2.50 bits per heavy atom. The van der Waals surface area contributed by atoms with E-state index in [2.05, 4.69) is 10.6 Å². The Kier molecular flexibility index (Phi) is 4.87. The van der Waals surface area contributed by atoms with Gasteiger partial charge in [0, 0.05) is 32.9 Å². The first kappa shape index (κ1) is 16.1. The van der Waals surface area contributed by atoms with Gasteiger partial charge < -0.3 is 15.4 Å². The van der Waals surface area contributed by atoms with Crippen LogP contribution in [0, 0.1) is 6.92 Å². The fourth-order valence-corrected chi connectivity index (χ4v) is 2.33. The van der Waals surface area contributed by atoms with Crippen molar-refractivity contribution in [3.63, 3.8) is 0 Å². The van der Waals surface area contributed by atoms with Gasteiger partial charge in [0.2, 0.25) is 0 Å². The third kappa shape index (κ3) is 3.14. The molecule has 0 saturated carbocycles. The third-order valence-electron chi connectivity index (χ3n) is 3.60. The number of imidazole rings is 1. The van der Waals surface area contributed by atoms with Crippen LogP contribution in [0.1, 0.15) is 12.5 Å². The van der Waals surface area contributed by atoms with Crippen LogP contribution >= 0.6 is 0 Å². The number of ether oxygens (including phenoxy) is 1. The number of nitrogens with zero attached hydrogens (tertiary/aromatic N) is 2. The van der Waals surface area contributed by atoms with Crippen LogP contribution < -0.4 is 16.3 Å². The van der Waals surface area contributed by atoms with Crippen molar-refractivity contribution >= 4 is 22.8 Å². The van der Waals surface area contributed by atoms with E-state index in [-0.39, 0.29) is 11.7 Å². The van der Waals surface area contributed by atoms with E-state index >= 15 is 0 Å². The predicted octanol–water partition coefficient (Wildman–Crippen LogP) is 1.34. The summed E-state index contributed by atoms with van der Waals surface area (Å²) in [5.41, 5.74) is 3.11. The van der Waals surface area contributed by atoms with Gasteiger partial charge in [-0.3, -0.25) is 9.13 Å². The Morgan fingerprint density at radius 1 is 1.23 bits per heavy atom. The molecule has 2 rings (SSSR count). The Morgan fingerprint density at radius 2 is 1.86 bits per heavy atom. The Labute approximate surface area is 128 Å². The van der Waals surface area contributed by atoms with Crippen molar-refractivity contribution in [2.24, 2.45) is 14.1 Å². The molecule has 2 amide bonds. The molecule has 120 valence electrons. The molecule has 1 aromatic heterocycles. The van der Waals surface area contributed by atoms with Gasteiger partial charge in [0.05, 0.1) is 17.6 Å². The molecule has 7 nitrogen and oxygen atoms in total. The van der Waals surface area contributed by atoms with Crippen LogP contribution in [0.4, 0.5) is 10.5 Å². The lowest BCUT2D eigenvalue weighted by Crippen LogP contribution is -2.31. The molecule has 0 radical (unpaired) electrons. The van der Waals surface area contributed by atoms with Gasteiger partial charge in [-0.1, -0.05) is 0 Å². The molecule has 0 bridgehead atoms. The first-order valence-corrected chi connectivity index (χ1v) is 7.24. The van der Waals surface area contributed by atoms with Gasteiger partial charge in [-0.2, -0.15) is 0 Å². The number of urea groups is 1. The first-order chi connectivity index (χ1) is 10.5. The van der Waals surface area contributed by atoms with Crippen molar-refractivity contribution in [3.05, 3.63) is 28.2 Å². The predicted molar refractivity (Wildman–Crippen MR) is 86.4 cm³/mol. The highest BCUT2D eigenvalue weighted by Gasteiger charge is 2.12. The van der Waals surface area contributed by atoms with E-state index in [0.717, 1.165) is 16.6 Å². The van der Waals surface area contributed by atoms with Crippen molar-refractivity contribution in [1.82, 2.24) is 14.5 Å². The van der Waals surface area contributed by atoms with Crippen LogP contribution in [-0.2, 0) is 18.8 Å². The van der Waals surface area contributed by atoms with Crippen molar-refractivity contribution in [2.45, 2.75) is 13.8 Å². The molecule has 0 fully saturated rings. The number of rotatable bonds is 5. The largest absolute Gasteiger partial charge is 0.380 e. The van der Waals surface area contributed by atoms with Crippen molar-refractivity contribution in [1.29, 1.82) is 0 Å². The van der Waals surface area contributed by atoms with Gasteiger partial charge in [0.1, 0.15) is 0 Å². The van der Waals surface area contributed by atoms with Gasteiger partial charge in [-0.05, 0) is 31.5 Å². The minimum absolute atomic E-state index is 0.0901. The molecule has 1 aromatic carbocycles. The molecule has 1 heterocycles. The molecule has 22 heavy (non-hydrogen) atoms. The first-order valence-electron chi connectivity index (χ1n) is 7.24. The standard InChI is InChI=1S/C15H22N4O3/c1-5-22-7-6-16-14(20)17-11-9-13-12(8-10(11)2)18(3)15(21)19(13)4/h8-9H,5-7H2,1-4H3,(H2,16,17,20). The summed E-state index contributed by atoms with van der Waals surface area (Å²) in [5, 5.41) is 5.53. The van der Waals surface area contributed by atoms with Crippen molar-refractivity contribution in [3.8, 4) is 0 Å². The van der Waals surface area contributed by atoms with E-state index in [4.69, 9.17) is 4.74 Å². The van der Waals surface area contributed by atoms with E-state index in [1.165, 1.54) is 0 Å². The summed E-state index contributed by atoms with van der Waals surface area (Å²) in [4.78, 5) is 23.8. The van der Waals surface area contributed by atoms with Gasteiger partial charge in [-0.25, -0.2) is 9.59 Å². The number of amides is 2. The summed E-state index contributed by atoms with van der Waals surface area (Å²) in [5.74, 6) is 0. The number of aromatic nitrogens is 2. The maximum Gasteiger partial charge on any atom is 0.328 e. The summed E-state index contributed by atoms with van der Waals surface area (Å²) < 4.78 is 8.32. The SMILES string of the molecule is CCOCCNC(=O)Nc1cc2c(cc1C)n(C)c(=O)n2C. The van der Waals surface area contributed by atoms with E-state index < -0.39 is 0 Å². The number of benzene rings is 1. The highest BCUT2D eigenvalue weighted by atomic mass is 16.5. The fraction of sp³-hybridized carbons (Fsp3) is 0.467. The summed E-state index contributed by atoms with van der Waals surface area (Å²) in [6.07, 6.45) is 0. The zero-order valence-electron chi connectivity index (χ0n) is 13.4. The van der Waals surface area contributed by atoms with E-state index in [9.17, 15) is 9.59 Å². The molecular weight excluding hydrogens is 284 g/mol. The maximum atomic E-state index is 11.9. The minimum Gasteiger partial charge on any atom is -0.380 e. The highest BCUT2D eigenvalue weighted by molar-refractivity contribution is 5.93. The number of hydrogen-bond donors (Lipinski definition) is 2. The number of nitrogens with one attached hydrogen (secondary N) is 2. The highest BCUT2D eigenvalue weighted by Crippen LogP contribution is 2.22. The second-order valence-electron chi connectivity index (χ2n) is 5.13. The summed E-state index contributed by atoms with van der Waals surface area (Å²) in [6.45, 7) is 5.36. The van der Waals surface area contributed by atoms with Crippen LogP contribution in [0.2, 0.25) is 0 Å². The Balaban J connectivity index is 2.18. The van der Waals surface area contributed by atoms with E-state index in [0.29, 0.717) is 25.4 Å². The molecule has 2 N–H and O–H groups in total. The fourth-order valence-electron chi connectivity index (χ4n) is 2.33. The second kappa shape index (κ2) is 6.65. The van der Waals surface area contributed by atoms with Gasteiger partial charge in [0.15, 0.2) is 0 Å². The number of carbonyl (C=O) groups is 1. The van der Waals surface area contributed by atoms with Crippen LogP contribution in [0.25, 0.3) is 11.0 Å². The zero-order valence-corrected chi connectivity index (χ0v) is 13.4. The lowest BCUT2D eigenvalue weighted by molar-refractivity contribution is 0.150. The molecule has 0 atom stereocenters. The molecule has 0 spiro atoms. The molecule has 0 unspecified atom stereocenters. The molecule has 0 saturated heterocycles. The quantitative estimate of drug-likeness (QED) is 0.818. The third-order valence-corrected chi connectivity index (χ3v) is 3.60. The number of carbonyl (C=O) groups excluding carboxylic acids is 1. The maximum absolute atomic E-state index is 11.9. The monoisotopic (exact) mass is 306 g/mol. The van der Waals surface area contributed by atoms with Gasteiger partial charge in [-0.15, -0.1) is 0 Å². The number of hydrogen-bond acceptors (Lipinski definition) is 3. The average Bonchev–Trinajstić information content (AvgIpc) is 2.69. The van der Waals surface area contributed by atoms with Crippen molar-refractivity contribution < 1.29 is 9.53 Å². The second-order valence-corrected chi connectivity index (χ2v) is 5.13. The van der Waals surface area contributed by atoms with Crippen LogP contribution in [-0.4, -0.2) is 34.9 Å². The summed E-state index contributed by atoms with van der Waals surface area (Å²) >= 11 is 0. The Hall–Kier alpha value is -2.28. The topological polar surface area (TPSA) is 77.3 Å². The summed E-state index contributed by atoms with van der Waals surface area (Å²) in [7, 11) is 3.45. The number of anilines is 1. The molecule has 7 heteroatoms. The normalized spacial score (nSPS) is 10.9. The molecule has 0 aliphatic carbocycles. The van der Waals surface area contributed by atoms with E-state index in [1.54, 1.807) is 23.2 Å². The van der Waals surface area contributed by atoms with Crippen LogP contribution in [0.15, 0.2) is 16.9 Å². The average molecular weight is 306 g/mol. The van der Waals surface area contributed by atoms with Gasteiger partial charge in [0.25, 0.3) is 0 Å². The Bertz CT molecular complexity index is 745. The van der Waals surface area contributed by atoms with Crippen molar-refractivity contribution in [2.75, 3.05) is 25.1 Å². The van der Waals surface area contributed by atoms with E-state index in [1.807, 2.05) is 26.0 Å². The van der Waals surface area contributed by atoms with Gasteiger partial charge >= 0.3 is 11.7 Å². The lowest BCUT2D eigenvalue weighted by Gasteiger charge is -2.11. The van der Waals surface area contributed by atoms with Crippen LogP contribution in [0.3, 0.4) is 0 Å². The lowest BCUT2D eigenvalue weighted by atomic mass is 10.1. The smallest absolute Gasteiger partial charge is 0.328 e. The molecular formula is C15H22N4O3. The number of aryl methyl sites for hydroxylation is 3. The molecule has 0 aliphatic heterocycles. The summed E-state index contributed by atoms with van der Waals surface area (Å²) in [6, 6.07) is 3.42. The minimum atomic E-state index is -0.289. The molecule has 2 aromatic rings. The van der Waals surface area contributed by atoms with Crippen LogP contribution in [0.5, 0.6) is 0 Å². The number of fused-ring (bicyclic) bond motifs is 1. The zero-order chi connectivity index (χ0) is 16.3. The molecule has 0 aliphatic rings.